The molecule has 2 N–H and O–H groups in total. The smallest absolute Gasteiger partial charge is 0.153 e. The Balaban J connectivity index is 3.48. The first kappa shape index (κ1) is 12.2. The maximum absolute atomic E-state index is 11.0. The van der Waals surface area contributed by atoms with Gasteiger partial charge in [-0.3, -0.25) is 0 Å². The first-order valence-electron chi connectivity index (χ1n) is 3.66. The van der Waals surface area contributed by atoms with Crippen LogP contribution < -0.4 is 5.73 Å². The number of hydrogen-bond donors (Lipinski definition) is 1. The Morgan fingerprint density at radius 3 is 2.42 bits per heavy atom. The Labute approximate surface area is 77.9 Å². The van der Waals surface area contributed by atoms with Gasteiger partial charge in [0.25, 0.3) is 0 Å². The van der Waals surface area contributed by atoms with Gasteiger partial charge in [-0.15, -0.1) is 11.6 Å². The van der Waals surface area contributed by atoms with E-state index in [9.17, 15) is 8.42 Å². The molecule has 0 aromatic rings. The van der Waals surface area contributed by atoms with Crippen LogP contribution in [-0.2, 0) is 14.6 Å². The Bertz CT molecular complexity index is 193. The fourth-order valence-corrected chi connectivity index (χ4v) is 2.11. The molecule has 0 atom stereocenters. The van der Waals surface area contributed by atoms with E-state index in [0.717, 1.165) is 0 Å². The second kappa shape index (κ2) is 6.65. The van der Waals surface area contributed by atoms with Gasteiger partial charge in [-0.25, -0.2) is 8.42 Å². The van der Waals surface area contributed by atoms with Gasteiger partial charge in [0, 0.05) is 12.4 Å². The molecule has 74 valence electrons. The molecule has 0 saturated carbocycles. The van der Waals surface area contributed by atoms with Crippen LogP contribution in [-0.4, -0.2) is 45.6 Å². The van der Waals surface area contributed by atoms with Crippen molar-refractivity contribution in [2.24, 2.45) is 5.73 Å². The molecule has 0 rings (SSSR count). The Kier molecular flexibility index (Phi) is 6.74. The van der Waals surface area contributed by atoms with Crippen molar-refractivity contribution in [1.82, 2.24) is 0 Å². The van der Waals surface area contributed by atoms with Crippen LogP contribution in [0, 0.1) is 0 Å². The summed E-state index contributed by atoms with van der Waals surface area (Å²) >= 11 is 5.29. The highest BCUT2D eigenvalue weighted by atomic mass is 35.5. The molecule has 0 aliphatic heterocycles. The van der Waals surface area contributed by atoms with Gasteiger partial charge in [0.1, 0.15) is 0 Å². The van der Waals surface area contributed by atoms with Crippen LogP contribution >= 0.6 is 11.6 Å². The number of sulfone groups is 1. The van der Waals surface area contributed by atoms with E-state index in [1.54, 1.807) is 0 Å². The van der Waals surface area contributed by atoms with E-state index < -0.39 is 9.84 Å². The van der Waals surface area contributed by atoms with Crippen molar-refractivity contribution in [1.29, 1.82) is 0 Å². The van der Waals surface area contributed by atoms with Crippen LogP contribution in [0.15, 0.2) is 0 Å². The molecule has 0 bridgehead atoms. The van der Waals surface area contributed by atoms with Crippen molar-refractivity contribution < 1.29 is 13.2 Å². The fourth-order valence-electron chi connectivity index (χ4n) is 0.591. The summed E-state index contributed by atoms with van der Waals surface area (Å²) in [5, 5.41) is 0. The lowest BCUT2D eigenvalue weighted by molar-refractivity contribution is 0.157. The number of nitrogens with two attached hydrogens (primary N) is 1. The molecule has 4 nitrogen and oxygen atoms in total. The topological polar surface area (TPSA) is 69.4 Å². The highest BCUT2D eigenvalue weighted by molar-refractivity contribution is 7.91. The van der Waals surface area contributed by atoms with Crippen molar-refractivity contribution in [3.8, 4) is 0 Å². The van der Waals surface area contributed by atoms with E-state index in [0.29, 0.717) is 13.2 Å². The second-order valence-corrected chi connectivity index (χ2v) is 4.92. The summed E-state index contributed by atoms with van der Waals surface area (Å²) in [6.45, 7) is 1.02. The average Bonchev–Trinajstić information content (AvgIpc) is 1.98. The largest absolute Gasteiger partial charge is 0.379 e. The zero-order valence-electron chi connectivity index (χ0n) is 6.83. The Morgan fingerprint density at radius 2 is 1.92 bits per heavy atom. The first-order chi connectivity index (χ1) is 5.62. The summed E-state index contributed by atoms with van der Waals surface area (Å²) in [4.78, 5) is 0. The van der Waals surface area contributed by atoms with Gasteiger partial charge >= 0.3 is 0 Å². The quantitative estimate of drug-likeness (QED) is 0.464. The molecule has 0 unspecified atom stereocenters. The summed E-state index contributed by atoms with van der Waals surface area (Å²) in [7, 11) is -3.01. The van der Waals surface area contributed by atoms with Gasteiger partial charge in [0.2, 0.25) is 0 Å². The summed E-state index contributed by atoms with van der Waals surface area (Å²) in [6.07, 6.45) is 0. The van der Waals surface area contributed by atoms with Crippen molar-refractivity contribution in [3.05, 3.63) is 0 Å². The highest BCUT2D eigenvalue weighted by Gasteiger charge is 2.08. The summed E-state index contributed by atoms with van der Waals surface area (Å²) in [6, 6.07) is 0. The number of rotatable bonds is 7. The zero-order valence-corrected chi connectivity index (χ0v) is 8.40. The summed E-state index contributed by atoms with van der Waals surface area (Å²) < 4.78 is 26.9. The van der Waals surface area contributed by atoms with Crippen molar-refractivity contribution in [2.75, 3.05) is 37.1 Å². The third-order valence-electron chi connectivity index (χ3n) is 1.19. The molecule has 0 radical (unpaired) electrons. The molecule has 0 amide bonds. The van der Waals surface area contributed by atoms with Gasteiger partial charge in [0.05, 0.1) is 24.7 Å². The molecule has 0 fully saturated rings. The van der Waals surface area contributed by atoms with Gasteiger partial charge in [0.15, 0.2) is 9.84 Å². The molecule has 0 aliphatic rings. The van der Waals surface area contributed by atoms with Crippen LogP contribution in [0.25, 0.3) is 0 Å². The molecule has 0 heterocycles. The molecule has 0 aromatic carbocycles. The Morgan fingerprint density at radius 1 is 1.25 bits per heavy atom. The van der Waals surface area contributed by atoms with Crippen LogP contribution in [0.5, 0.6) is 0 Å². The molecule has 0 saturated heterocycles. The molecular formula is C6H14ClNO3S. The minimum absolute atomic E-state index is 0.0144. The van der Waals surface area contributed by atoms with Crippen molar-refractivity contribution >= 4 is 21.4 Å². The van der Waals surface area contributed by atoms with Gasteiger partial charge in [-0.2, -0.15) is 0 Å². The van der Waals surface area contributed by atoms with Crippen LogP contribution in [0.2, 0.25) is 0 Å². The minimum Gasteiger partial charge on any atom is -0.379 e. The number of halogens is 1. The molecule has 0 aliphatic carbocycles. The van der Waals surface area contributed by atoms with E-state index in [4.69, 9.17) is 22.1 Å². The normalized spacial score (nSPS) is 11.8. The third-order valence-corrected chi connectivity index (χ3v) is 3.22. The first-order valence-corrected chi connectivity index (χ1v) is 6.02. The van der Waals surface area contributed by atoms with E-state index in [2.05, 4.69) is 0 Å². The summed E-state index contributed by atoms with van der Waals surface area (Å²) in [5.41, 5.74) is 5.14. The van der Waals surface area contributed by atoms with Crippen LogP contribution in [0.1, 0.15) is 0 Å². The highest BCUT2D eigenvalue weighted by Crippen LogP contribution is 1.92. The maximum Gasteiger partial charge on any atom is 0.153 e. The SMILES string of the molecule is NCCOCCS(=O)(=O)CCCl. The lowest BCUT2D eigenvalue weighted by Gasteiger charge is -2.02. The van der Waals surface area contributed by atoms with Crippen molar-refractivity contribution in [3.63, 3.8) is 0 Å². The molecular weight excluding hydrogens is 202 g/mol. The fraction of sp³-hybridized carbons (Fsp3) is 1.00. The van der Waals surface area contributed by atoms with Gasteiger partial charge in [-0.1, -0.05) is 0 Å². The molecule has 0 aromatic heterocycles. The molecule has 6 heteroatoms. The third kappa shape index (κ3) is 6.84. The second-order valence-electron chi connectivity index (χ2n) is 2.24. The molecule has 12 heavy (non-hydrogen) atoms. The monoisotopic (exact) mass is 215 g/mol. The lowest BCUT2D eigenvalue weighted by atomic mass is 10.7. The Hall–Kier alpha value is 0.160. The zero-order chi connectivity index (χ0) is 9.45. The molecule has 0 spiro atoms. The maximum atomic E-state index is 11.0. The van der Waals surface area contributed by atoms with Crippen molar-refractivity contribution in [2.45, 2.75) is 0 Å². The van der Waals surface area contributed by atoms with E-state index >= 15 is 0 Å². The minimum atomic E-state index is -3.01. The van der Waals surface area contributed by atoms with Gasteiger partial charge in [-0.05, 0) is 0 Å². The van der Waals surface area contributed by atoms with E-state index in [1.807, 2.05) is 0 Å². The predicted octanol–water partition coefficient (Wildman–Crippen LogP) is -0.385. The number of hydrogen-bond acceptors (Lipinski definition) is 4. The lowest BCUT2D eigenvalue weighted by Crippen LogP contribution is -2.18. The van der Waals surface area contributed by atoms with Crippen LogP contribution in [0.3, 0.4) is 0 Å². The predicted molar refractivity (Wildman–Crippen MR) is 49.2 cm³/mol. The van der Waals surface area contributed by atoms with E-state index in [1.165, 1.54) is 0 Å². The summed E-state index contributed by atoms with van der Waals surface area (Å²) in [5.74, 6) is 0.180. The van der Waals surface area contributed by atoms with Crippen LogP contribution in [0.4, 0.5) is 0 Å². The average molecular weight is 216 g/mol. The van der Waals surface area contributed by atoms with E-state index in [-0.39, 0.29) is 24.0 Å². The number of alkyl halides is 1. The number of ether oxygens (including phenoxy) is 1. The van der Waals surface area contributed by atoms with Gasteiger partial charge < -0.3 is 10.5 Å². The standard InChI is InChI=1S/C6H14ClNO3S/c7-1-5-12(9,10)6-4-11-3-2-8/h1-6,8H2.